The molecule has 120 valence electrons. The first-order valence-electron chi connectivity index (χ1n) is 7.64. The Labute approximate surface area is 131 Å². The Morgan fingerprint density at radius 2 is 1.95 bits per heavy atom. The summed E-state index contributed by atoms with van der Waals surface area (Å²) in [6.45, 7) is 7.98. The van der Waals surface area contributed by atoms with Gasteiger partial charge in [0.1, 0.15) is 5.60 Å². The van der Waals surface area contributed by atoms with Crippen LogP contribution in [0.3, 0.4) is 0 Å². The van der Waals surface area contributed by atoms with Gasteiger partial charge in [-0.25, -0.2) is 14.8 Å². The number of hydrogen-bond acceptors (Lipinski definition) is 5. The predicted molar refractivity (Wildman–Crippen MR) is 86.7 cm³/mol. The molecule has 1 aliphatic heterocycles. The molecular formula is C16H24N4O2. The summed E-state index contributed by atoms with van der Waals surface area (Å²) in [5.41, 5.74) is 0.432. The molecule has 1 N–H and O–H groups in total. The Morgan fingerprint density at radius 3 is 2.55 bits per heavy atom. The molecule has 1 aliphatic rings. The van der Waals surface area contributed by atoms with Gasteiger partial charge in [0.05, 0.1) is 0 Å². The SMILES string of the molecule is CC(C)(C)OC(=O)NCC=Cc1cnc(N2CCCC2)nc1. The maximum atomic E-state index is 11.5. The lowest BCUT2D eigenvalue weighted by atomic mass is 10.2. The number of alkyl carbamates (subject to hydrolysis) is 1. The highest BCUT2D eigenvalue weighted by atomic mass is 16.6. The number of aromatic nitrogens is 2. The molecule has 0 bridgehead atoms. The number of hydrogen-bond donors (Lipinski definition) is 1. The molecule has 0 aromatic carbocycles. The summed E-state index contributed by atoms with van der Waals surface area (Å²) in [5, 5.41) is 2.67. The molecule has 0 saturated carbocycles. The van der Waals surface area contributed by atoms with Crippen molar-refractivity contribution in [3.63, 3.8) is 0 Å². The zero-order valence-electron chi connectivity index (χ0n) is 13.5. The maximum absolute atomic E-state index is 11.5. The Kier molecular flexibility index (Phi) is 5.35. The number of anilines is 1. The first-order chi connectivity index (χ1) is 10.4. The fraction of sp³-hybridized carbons (Fsp3) is 0.562. The van der Waals surface area contributed by atoms with Gasteiger partial charge in [0, 0.05) is 37.6 Å². The molecule has 0 atom stereocenters. The second-order valence-corrected chi connectivity index (χ2v) is 6.30. The summed E-state index contributed by atoms with van der Waals surface area (Å²) in [7, 11) is 0. The number of carbonyl (C=O) groups excluding carboxylic acids is 1. The minimum Gasteiger partial charge on any atom is -0.444 e. The zero-order chi connectivity index (χ0) is 16.0. The van der Waals surface area contributed by atoms with Crippen LogP contribution in [0.4, 0.5) is 10.7 Å². The van der Waals surface area contributed by atoms with Gasteiger partial charge >= 0.3 is 6.09 Å². The van der Waals surface area contributed by atoms with E-state index < -0.39 is 11.7 Å². The standard InChI is InChI=1S/C16H24N4O2/c1-16(2,3)22-15(21)17-8-6-7-13-11-18-14(19-12-13)20-9-4-5-10-20/h6-7,11-12H,4-5,8-10H2,1-3H3,(H,17,21). The van der Waals surface area contributed by atoms with Crippen LogP contribution in [0.15, 0.2) is 18.5 Å². The molecule has 2 heterocycles. The van der Waals surface area contributed by atoms with E-state index in [1.54, 1.807) is 12.4 Å². The molecule has 1 aromatic rings. The summed E-state index contributed by atoms with van der Waals surface area (Å²) < 4.78 is 5.15. The van der Waals surface area contributed by atoms with Crippen molar-refractivity contribution in [2.45, 2.75) is 39.2 Å². The second kappa shape index (κ2) is 7.24. The van der Waals surface area contributed by atoms with Crippen LogP contribution >= 0.6 is 0 Å². The maximum Gasteiger partial charge on any atom is 0.407 e. The molecule has 0 radical (unpaired) electrons. The lowest BCUT2D eigenvalue weighted by molar-refractivity contribution is 0.0534. The van der Waals surface area contributed by atoms with Gasteiger partial charge in [-0.2, -0.15) is 0 Å². The molecule has 0 unspecified atom stereocenters. The number of nitrogens with one attached hydrogen (secondary N) is 1. The third-order valence-electron chi connectivity index (χ3n) is 3.12. The molecular weight excluding hydrogens is 280 g/mol. The van der Waals surface area contributed by atoms with Crippen LogP contribution in [0.1, 0.15) is 39.2 Å². The summed E-state index contributed by atoms with van der Waals surface area (Å²) >= 11 is 0. The highest BCUT2D eigenvalue weighted by Crippen LogP contribution is 2.15. The van der Waals surface area contributed by atoms with Crippen molar-refractivity contribution in [2.24, 2.45) is 0 Å². The van der Waals surface area contributed by atoms with Gasteiger partial charge in [-0.1, -0.05) is 12.2 Å². The molecule has 22 heavy (non-hydrogen) atoms. The number of amides is 1. The minimum atomic E-state index is -0.479. The van der Waals surface area contributed by atoms with Crippen LogP contribution in [0.5, 0.6) is 0 Å². The van der Waals surface area contributed by atoms with E-state index in [2.05, 4.69) is 20.2 Å². The quantitative estimate of drug-likeness (QED) is 0.926. The van der Waals surface area contributed by atoms with Crippen molar-refractivity contribution in [1.82, 2.24) is 15.3 Å². The minimum absolute atomic E-state index is 0.406. The molecule has 1 amide bonds. The van der Waals surface area contributed by atoms with Crippen molar-refractivity contribution in [1.29, 1.82) is 0 Å². The monoisotopic (exact) mass is 304 g/mol. The number of rotatable bonds is 4. The van der Waals surface area contributed by atoms with Gasteiger partial charge in [0.2, 0.25) is 5.95 Å². The van der Waals surface area contributed by atoms with Crippen LogP contribution in [-0.2, 0) is 4.74 Å². The predicted octanol–water partition coefficient (Wildman–Crippen LogP) is 2.61. The van der Waals surface area contributed by atoms with Crippen molar-refractivity contribution >= 4 is 18.1 Å². The lowest BCUT2D eigenvalue weighted by Crippen LogP contribution is -2.32. The molecule has 0 aliphatic carbocycles. The van der Waals surface area contributed by atoms with E-state index in [1.165, 1.54) is 12.8 Å². The van der Waals surface area contributed by atoms with Crippen LogP contribution < -0.4 is 10.2 Å². The summed E-state index contributed by atoms with van der Waals surface area (Å²) in [6.07, 6.45) is 9.32. The highest BCUT2D eigenvalue weighted by molar-refractivity contribution is 5.68. The largest absolute Gasteiger partial charge is 0.444 e. The van der Waals surface area contributed by atoms with Gasteiger partial charge in [0.15, 0.2) is 0 Å². The van der Waals surface area contributed by atoms with Crippen molar-refractivity contribution < 1.29 is 9.53 Å². The van der Waals surface area contributed by atoms with Gasteiger partial charge in [-0.15, -0.1) is 0 Å². The first-order valence-corrected chi connectivity index (χ1v) is 7.64. The van der Waals surface area contributed by atoms with Gasteiger partial charge in [-0.3, -0.25) is 0 Å². The first kappa shape index (κ1) is 16.3. The van der Waals surface area contributed by atoms with Crippen LogP contribution in [0, 0.1) is 0 Å². The van der Waals surface area contributed by atoms with E-state index in [1.807, 2.05) is 32.9 Å². The van der Waals surface area contributed by atoms with E-state index in [0.717, 1.165) is 24.6 Å². The fourth-order valence-corrected chi connectivity index (χ4v) is 2.15. The van der Waals surface area contributed by atoms with Gasteiger partial charge in [0.25, 0.3) is 0 Å². The molecule has 1 aromatic heterocycles. The second-order valence-electron chi connectivity index (χ2n) is 6.30. The topological polar surface area (TPSA) is 67.3 Å². The van der Waals surface area contributed by atoms with Gasteiger partial charge < -0.3 is 15.0 Å². The smallest absolute Gasteiger partial charge is 0.407 e. The lowest BCUT2D eigenvalue weighted by Gasteiger charge is -2.19. The number of nitrogens with zero attached hydrogens (tertiary/aromatic N) is 3. The molecule has 0 spiro atoms. The zero-order valence-corrected chi connectivity index (χ0v) is 13.5. The van der Waals surface area contributed by atoms with Crippen molar-refractivity contribution in [2.75, 3.05) is 24.5 Å². The Morgan fingerprint density at radius 1 is 1.32 bits per heavy atom. The molecule has 1 fully saturated rings. The summed E-state index contributed by atoms with van der Waals surface area (Å²) in [4.78, 5) is 22.4. The summed E-state index contributed by atoms with van der Waals surface area (Å²) in [6, 6.07) is 0. The average molecular weight is 304 g/mol. The molecule has 1 saturated heterocycles. The Balaban J connectivity index is 1.77. The molecule has 6 nitrogen and oxygen atoms in total. The molecule has 6 heteroatoms. The average Bonchev–Trinajstić information content (AvgIpc) is 2.96. The Hall–Kier alpha value is -2.11. The molecule has 2 rings (SSSR count). The van der Waals surface area contributed by atoms with Crippen LogP contribution in [0.25, 0.3) is 6.08 Å². The van der Waals surface area contributed by atoms with Gasteiger partial charge in [-0.05, 0) is 33.6 Å². The van der Waals surface area contributed by atoms with E-state index in [-0.39, 0.29) is 0 Å². The fourth-order valence-electron chi connectivity index (χ4n) is 2.15. The van der Waals surface area contributed by atoms with Crippen LogP contribution in [-0.4, -0.2) is 41.3 Å². The number of ether oxygens (including phenoxy) is 1. The van der Waals surface area contributed by atoms with Crippen LogP contribution in [0.2, 0.25) is 0 Å². The van der Waals surface area contributed by atoms with E-state index in [9.17, 15) is 4.79 Å². The summed E-state index contributed by atoms with van der Waals surface area (Å²) in [5.74, 6) is 0.793. The third-order valence-corrected chi connectivity index (χ3v) is 3.12. The number of carbonyl (C=O) groups is 1. The van der Waals surface area contributed by atoms with E-state index in [0.29, 0.717) is 6.54 Å². The van der Waals surface area contributed by atoms with E-state index in [4.69, 9.17) is 4.74 Å². The highest BCUT2D eigenvalue weighted by Gasteiger charge is 2.15. The normalized spacial score (nSPS) is 15.3. The van der Waals surface area contributed by atoms with Crippen molar-refractivity contribution in [3.8, 4) is 0 Å². The van der Waals surface area contributed by atoms with E-state index >= 15 is 0 Å². The van der Waals surface area contributed by atoms with Crippen molar-refractivity contribution in [3.05, 3.63) is 24.0 Å². The Bertz CT molecular complexity index is 514. The third kappa shape index (κ3) is 5.35.